The van der Waals surface area contributed by atoms with Gasteiger partial charge in [-0.1, -0.05) is 79.1 Å². The number of hydrogen-bond acceptors (Lipinski definition) is 1. The van der Waals surface area contributed by atoms with Crippen LogP contribution in [-0.4, -0.2) is 24.0 Å². The summed E-state index contributed by atoms with van der Waals surface area (Å²) in [6.45, 7) is 11.6. The van der Waals surface area contributed by atoms with E-state index in [1.165, 1.54) is 77.3 Å². The first-order chi connectivity index (χ1) is 8.79. The molecule has 1 unspecified atom stereocenters. The molecule has 1 atom stereocenters. The van der Waals surface area contributed by atoms with E-state index in [2.05, 4.69) is 32.6 Å². The Morgan fingerprint density at radius 1 is 0.684 bits per heavy atom. The lowest BCUT2D eigenvalue weighted by atomic mass is 10.0. The Balaban J connectivity index is 0. The second kappa shape index (κ2) is 16.5. The summed E-state index contributed by atoms with van der Waals surface area (Å²) >= 11 is 0. The molecule has 0 heterocycles. The molecule has 0 bridgehead atoms. The molecule has 0 saturated heterocycles. The van der Waals surface area contributed by atoms with Gasteiger partial charge in [-0.3, -0.25) is 0 Å². The van der Waals surface area contributed by atoms with Crippen LogP contribution in [0.25, 0.3) is 0 Å². The third-order valence-corrected chi connectivity index (χ3v) is 4.19. The van der Waals surface area contributed by atoms with Gasteiger partial charge in [0.1, 0.15) is 0 Å². The zero-order valence-corrected chi connectivity index (χ0v) is 15.6. The van der Waals surface area contributed by atoms with Gasteiger partial charge in [0.15, 0.2) is 0 Å². The second-order valence-electron chi connectivity index (χ2n) is 5.55. The van der Waals surface area contributed by atoms with E-state index in [0.717, 1.165) is 6.04 Å². The van der Waals surface area contributed by atoms with E-state index in [-0.39, 0.29) is 17.0 Å². The Hall–Kier alpha value is 0.440. The highest BCUT2D eigenvalue weighted by Crippen LogP contribution is 2.15. The molecule has 0 aromatic heterocycles. The van der Waals surface area contributed by atoms with Gasteiger partial charge in [0, 0.05) is 6.04 Å². The van der Waals surface area contributed by atoms with Crippen molar-refractivity contribution in [2.45, 2.75) is 97.9 Å². The quantitative estimate of drug-likeness (QED) is 0.361. The zero-order valence-electron chi connectivity index (χ0n) is 13.9. The van der Waals surface area contributed by atoms with Gasteiger partial charge in [-0.05, 0) is 25.9 Å². The summed E-state index contributed by atoms with van der Waals surface area (Å²) in [6.07, 6.45) is 14.2. The first kappa shape index (κ1) is 21.7. The average Bonchev–Trinajstić information content (AvgIpc) is 2.40. The molecule has 0 aliphatic carbocycles. The van der Waals surface area contributed by atoms with Crippen molar-refractivity contribution in [3.05, 3.63) is 0 Å². The van der Waals surface area contributed by atoms with Gasteiger partial charge >= 0.3 is 0 Å². The van der Waals surface area contributed by atoms with E-state index in [4.69, 9.17) is 0 Å². The molecule has 19 heavy (non-hydrogen) atoms. The Labute approximate surface area is 133 Å². The number of unbranched alkanes of at least 4 members (excludes halogenated alkanes) is 7. The van der Waals surface area contributed by atoms with E-state index in [1.54, 1.807) is 0 Å². The Morgan fingerprint density at radius 3 is 1.58 bits per heavy atom. The monoisotopic (exact) mass is 335 g/mol. The molecule has 0 aliphatic heterocycles. The molecule has 0 saturated carbocycles. The first-order valence-corrected chi connectivity index (χ1v) is 8.54. The molecule has 0 radical (unpaired) electrons. The van der Waals surface area contributed by atoms with E-state index in [0.29, 0.717) is 0 Å². The standard InChI is InChI=1S/C17H37N.BrH/c1-5-9-10-11-12-13-14-15-16-17(6-2)18(7-3)8-4;/h17H,5-16H2,1-4H3;1H. The molecule has 0 rings (SSSR count). The van der Waals surface area contributed by atoms with Crippen LogP contribution in [0, 0.1) is 0 Å². The van der Waals surface area contributed by atoms with Crippen LogP contribution in [0.5, 0.6) is 0 Å². The van der Waals surface area contributed by atoms with Gasteiger partial charge in [-0.25, -0.2) is 0 Å². The van der Waals surface area contributed by atoms with E-state index >= 15 is 0 Å². The lowest BCUT2D eigenvalue weighted by Crippen LogP contribution is -2.34. The molecule has 0 spiro atoms. The van der Waals surface area contributed by atoms with E-state index in [9.17, 15) is 0 Å². The average molecular weight is 336 g/mol. The highest BCUT2D eigenvalue weighted by molar-refractivity contribution is 8.93. The summed E-state index contributed by atoms with van der Waals surface area (Å²) in [5.74, 6) is 0. The highest BCUT2D eigenvalue weighted by atomic mass is 79.9. The maximum atomic E-state index is 2.63. The summed E-state index contributed by atoms with van der Waals surface area (Å²) in [6, 6.07) is 0.833. The summed E-state index contributed by atoms with van der Waals surface area (Å²) in [5, 5.41) is 0. The molecular formula is C17H38BrN. The minimum Gasteiger partial charge on any atom is -0.301 e. The minimum atomic E-state index is 0. The maximum absolute atomic E-state index is 2.63. The Kier molecular flexibility index (Phi) is 18.9. The van der Waals surface area contributed by atoms with Crippen LogP contribution in [-0.2, 0) is 0 Å². The second-order valence-corrected chi connectivity index (χ2v) is 5.55. The first-order valence-electron chi connectivity index (χ1n) is 8.54. The lowest BCUT2D eigenvalue weighted by molar-refractivity contribution is 0.196. The molecule has 0 aromatic carbocycles. The fraction of sp³-hybridized carbons (Fsp3) is 1.00. The molecule has 0 aliphatic rings. The topological polar surface area (TPSA) is 3.24 Å². The normalized spacial score (nSPS) is 12.5. The third kappa shape index (κ3) is 11.9. The molecule has 2 heteroatoms. The molecule has 0 N–H and O–H groups in total. The van der Waals surface area contributed by atoms with Gasteiger partial charge in [-0.15, -0.1) is 17.0 Å². The largest absolute Gasteiger partial charge is 0.301 e. The zero-order chi connectivity index (χ0) is 13.6. The van der Waals surface area contributed by atoms with Crippen molar-refractivity contribution in [3.8, 4) is 0 Å². The van der Waals surface area contributed by atoms with Crippen molar-refractivity contribution in [1.29, 1.82) is 0 Å². The van der Waals surface area contributed by atoms with Crippen molar-refractivity contribution >= 4 is 17.0 Å². The van der Waals surface area contributed by atoms with Crippen LogP contribution in [0.4, 0.5) is 0 Å². The molecule has 118 valence electrons. The van der Waals surface area contributed by atoms with Crippen molar-refractivity contribution in [2.24, 2.45) is 0 Å². The van der Waals surface area contributed by atoms with Crippen LogP contribution < -0.4 is 0 Å². The highest BCUT2D eigenvalue weighted by Gasteiger charge is 2.12. The van der Waals surface area contributed by atoms with Crippen LogP contribution in [0.1, 0.15) is 91.9 Å². The summed E-state index contributed by atoms with van der Waals surface area (Å²) in [4.78, 5) is 2.63. The summed E-state index contributed by atoms with van der Waals surface area (Å²) < 4.78 is 0. The van der Waals surface area contributed by atoms with Crippen molar-refractivity contribution in [2.75, 3.05) is 13.1 Å². The predicted octanol–water partition coefficient (Wildman–Crippen LogP) is 6.22. The Morgan fingerprint density at radius 2 is 1.16 bits per heavy atom. The van der Waals surface area contributed by atoms with Crippen LogP contribution in [0.15, 0.2) is 0 Å². The van der Waals surface area contributed by atoms with Crippen LogP contribution >= 0.6 is 17.0 Å². The lowest BCUT2D eigenvalue weighted by Gasteiger charge is -2.28. The van der Waals surface area contributed by atoms with Gasteiger partial charge < -0.3 is 4.90 Å². The Bertz CT molecular complexity index is 157. The van der Waals surface area contributed by atoms with Crippen molar-refractivity contribution in [3.63, 3.8) is 0 Å². The molecule has 0 amide bonds. The number of rotatable bonds is 13. The summed E-state index contributed by atoms with van der Waals surface area (Å²) in [5.41, 5.74) is 0. The smallest absolute Gasteiger partial charge is 0.00924 e. The van der Waals surface area contributed by atoms with Crippen LogP contribution in [0.3, 0.4) is 0 Å². The van der Waals surface area contributed by atoms with Crippen LogP contribution in [0.2, 0.25) is 0 Å². The third-order valence-electron chi connectivity index (χ3n) is 4.19. The minimum absolute atomic E-state index is 0. The van der Waals surface area contributed by atoms with Gasteiger partial charge in [0.25, 0.3) is 0 Å². The maximum Gasteiger partial charge on any atom is 0.00924 e. The molecule has 0 fully saturated rings. The van der Waals surface area contributed by atoms with E-state index in [1.807, 2.05) is 0 Å². The SMILES string of the molecule is Br.CCCCCCCCCCC(CC)N(CC)CC. The molecular weight excluding hydrogens is 298 g/mol. The number of halogens is 1. The van der Waals surface area contributed by atoms with Crippen molar-refractivity contribution < 1.29 is 0 Å². The van der Waals surface area contributed by atoms with Gasteiger partial charge in [0.2, 0.25) is 0 Å². The van der Waals surface area contributed by atoms with Gasteiger partial charge in [-0.2, -0.15) is 0 Å². The van der Waals surface area contributed by atoms with Gasteiger partial charge in [0.05, 0.1) is 0 Å². The molecule has 0 aromatic rings. The number of hydrogen-bond donors (Lipinski definition) is 0. The molecule has 1 nitrogen and oxygen atoms in total. The fourth-order valence-electron chi connectivity index (χ4n) is 2.90. The summed E-state index contributed by atoms with van der Waals surface area (Å²) in [7, 11) is 0. The fourth-order valence-corrected chi connectivity index (χ4v) is 2.90. The van der Waals surface area contributed by atoms with E-state index < -0.39 is 0 Å². The number of nitrogens with zero attached hydrogens (tertiary/aromatic N) is 1. The van der Waals surface area contributed by atoms with Crippen molar-refractivity contribution in [1.82, 2.24) is 4.90 Å². The predicted molar refractivity (Wildman–Crippen MR) is 94.5 cm³/mol.